The molecule has 16 heavy (non-hydrogen) atoms. The molecule has 0 radical (unpaired) electrons. The molecule has 1 rings (SSSR count). The molecule has 0 saturated carbocycles. The van der Waals surface area contributed by atoms with Crippen LogP contribution in [0.4, 0.5) is 0 Å². The van der Waals surface area contributed by atoms with Crippen molar-refractivity contribution in [3.05, 3.63) is 35.9 Å². The van der Waals surface area contributed by atoms with E-state index in [2.05, 4.69) is 0 Å². The third-order valence-corrected chi connectivity index (χ3v) is 3.95. The van der Waals surface area contributed by atoms with Gasteiger partial charge in [-0.05, 0) is 12.5 Å². The van der Waals surface area contributed by atoms with Gasteiger partial charge in [-0.1, -0.05) is 42.5 Å². The van der Waals surface area contributed by atoms with E-state index in [-0.39, 0.29) is 31.0 Å². The van der Waals surface area contributed by atoms with Crippen LogP contribution in [0.25, 0.3) is 0 Å². The molecule has 0 saturated heterocycles. The normalized spacial score (nSPS) is 12.6. The number of hydrogen-bond donors (Lipinski definition) is 1. The predicted octanol–water partition coefficient (Wildman–Crippen LogP) is -1.01. The van der Waals surface area contributed by atoms with Crippen molar-refractivity contribution < 1.29 is 44.0 Å². The predicted molar refractivity (Wildman–Crippen MR) is 64.9 cm³/mol. The summed E-state index contributed by atoms with van der Waals surface area (Å²) in [7, 11) is -4.06. The molecule has 0 bridgehead atoms. The molecule has 0 aliphatic heterocycles. The number of hydrogen-bond acceptors (Lipinski definition) is 3. The van der Waals surface area contributed by atoms with Crippen molar-refractivity contribution in [2.45, 2.75) is 18.6 Å². The van der Waals surface area contributed by atoms with Crippen molar-refractivity contribution in [2.24, 2.45) is 0 Å². The van der Waals surface area contributed by atoms with Crippen molar-refractivity contribution in [1.29, 1.82) is 0 Å². The maximum atomic E-state index is 10.8. The Morgan fingerprint density at radius 2 is 1.94 bits per heavy atom. The standard InChI is InChI=1S/C10H12O3S2.Na.H/c1-8(15(11,12)13)10(14)7-9-5-3-2-4-6-9;;/h2-6,8H,7H2,1H3,(H,11,12,13);;/q;+1;-1. The molecule has 0 heterocycles. The van der Waals surface area contributed by atoms with E-state index in [4.69, 9.17) is 16.8 Å². The first-order valence-corrected chi connectivity index (χ1v) is 6.35. The van der Waals surface area contributed by atoms with Crippen LogP contribution in [0.15, 0.2) is 30.3 Å². The molecular weight excluding hydrogens is 255 g/mol. The number of benzene rings is 1. The summed E-state index contributed by atoms with van der Waals surface area (Å²) >= 11 is 4.97. The van der Waals surface area contributed by atoms with Crippen molar-refractivity contribution in [1.82, 2.24) is 0 Å². The zero-order valence-corrected chi connectivity index (χ0v) is 12.9. The maximum Gasteiger partial charge on any atom is 1.00 e. The molecule has 0 aliphatic carbocycles. The van der Waals surface area contributed by atoms with Crippen LogP contribution in [0.5, 0.6) is 0 Å². The number of thiocarbonyl (C=S) groups is 1. The van der Waals surface area contributed by atoms with Crippen LogP contribution in [-0.2, 0) is 16.5 Å². The van der Waals surface area contributed by atoms with Gasteiger partial charge in [0.1, 0.15) is 5.25 Å². The Bertz CT molecular complexity index is 448. The molecule has 1 unspecified atom stereocenters. The van der Waals surface area contributed by atoms with Crippen LogP contribution in [0.1, 0.15) is 13.9 Å². The van der Waals surface area contributed by atoms with Gasteiger partial charge in [-0.2, -0.15) is 8.42 Å². The van der Waals surface area contributed by atoms with Gasteiger partial charge in [0.15, 0.2) is 0 Å². The minimum absolute atomic E-state index is 0. The van der Waals surface area contributed by atoms with Crippen molar-refractivity contribution >= 4 is 27.2 Å². The maximum absolute atomic E-state index is 10.8. The third kappa shape index (κ3) is 5.03. The van der Waals surface area contributed by atoms with Gasteiger partial charge in [-0.3, -0.25) is 4.55 Å². The summed E-state index contributed by atoms with van der Waals surface area (Å²) in [5, 5.41) is -0.993. The van der Waals surface area contributed by atoms with Crippen LogP contribution in [-0.4, -0.2) is 23.1 Å². The topological polar surface area (TPSA) is 54.4 Å². The SMILES string of the molecule is CC(C(=S)Cc1ccccc1)S(=O)(=O)O.[H-].[Na+]. The fourth-order valence-corrected chi connectivity index (χ4v) is 2.05. The summed E-state index contributed by atoms with van der Waals surface area (Å²) in [6.45, 7) is 1.39. The Labute approximate surface area is 125 Å². The summed E-state index contributed by atoms with van der Waals surface area (Å²) in [6, 6.07) is 9.32. The van der Waals surface area contributed by atoms with Crippen molar-refractivity contribution in [3.8, 4) is 0 Å². The van der Waals surface area contributed by atoms with Crippen LogP contribution >= 0.6 is 12.2 Å². The van der Waals surface area contributed by atoms with Crippen LogP contribution in [0.3, 0.4) is 0 Å². The fraction of sp³-hybridized carbons (Fsp3) is 0.300. The van der Waals surface area contributed by atoms with Crippen LogP contribution in [0.2, 0.25) is 0 Å². The van der Waals surface area contributed by atoms with Crippen molar-refractivity contribution in [2.75, 3.05) is 0 Å². The van der Waals surface area contributed by atoms with E-state index < -0.39 is 15.4 Å². The Morgan fingerprint density at radius 1 is 1.44 bits per heavy atom. The summed E-state index contributed by atoms with van der Waals surface area (Å²) in [5.74, 6) is 0. The zero-order chi connectivity index (χ0) is 11.5. The second kappa shape index (κ2) is 6.83. The van der Waals surface area contributed by atoms with Gasteiger partial charge in [0.05, 0.1) is 0 Å². The van der Waals surface area contributed by atoms with Gasteiger partial charge in [0.2, 0.25) is 0 Å². The van der Waals surface area contributed by atoms with Gasteiger partial charge < -0.3 is 1.43 Å². The first-order valence-electron chi connectivity index (χ1n) is 4.44. The minimum atomic E-state index is -4.06. The Hall–Kier alpha value is 0.220. The summed E-state index contributed by atoms with van der Waals surface area (Å²) < 4.78 is 30.5. The average Bonchev–Trinajstić information content (AvgIpc) is 2.16. The molecule has 1 atom stereocenters. The molecule has 6 heteroatoms. The molecule has 1 aromatic carbocycles. The van der Waals surface area contributed by atoms with E-state index in [9.17, 15) is 8.42 Å². The van der Waals surface area contributed by atoms with E-state index in [1.165, 1.54) is 6.92 Å². The van der Waals surface area contributed by atoms with Crippen LogP contribution in [0, 0.1) is 0 Å². The third-order valence-electron chi connectivity index (χ3n) is 2.12. The minimum Gasteiger partial charge on any atom is -1.00 e. The molecule has 0 amide bonds. The Kier molecular flexibility index (Phi) is 6.93. The van der Waals surface area contributed by atoms with Gasteiger partial charge >= 0.3 is 29.6 Å². The number of rotatable bonds is 4. The molecule has 0 fully saturated rings. The smallest absolute Gasteiger partial charge is 1.00 e. The summed E-state index contributed by atoms with van der Waals surface area (Å²) in [5.41, 5.74) is 0.943. The molecule has 1 aromatic rings. The van der Waals surface area contributed by atoms with Gasteiger partial charge in [0.25, 0.3) is 10.1 Å². The van der Waals surface area contributed by atoms with E-state index in [1.54, 1.807) is 0 Å². The van der Waals surface area contributed by atoms with Gasteiger partial charge in [0, 0.05) is 11.3 Å². The quantitative estimate of drug-likeness (QED) is 0.432. The summed E-state index contributed by atoms with van der Waals surface area (Å²) in [4.78, 5) is 0.323. The van der Waals surface area contributed by atoms with Gasteiger partial charge in [-0.25, -0.2) is 0 Å². The van der Waals surface area contributed by atoms with E-state index in [0.717, 1.165) is 5.56 Å². The monoisotopic (exact) mass is 268 g/mol. The molecule has 1 N–H and O–H groups in total. The van der Waals surface area contributed by atoms with E-state index in [0.29, 0.717) is 11.3 Å². The first kappa shape index (κ1) is 16.2. The van der Waals surface area contributed by atoms with Crippen molar-refractivity contribution in [3.63, 3.8) is 0 Å². The molecule has 0 spiro atoms. The Morgan fingerprint density at radius 3 is 2.38 bits per heavy atom. The van der Waals surface area contributed by atoms with Gasteiger partial charge in [-0.15, -0.1) is 0 Å². The van der Waals surface area contributed by atoms with E-state index in [1.807, 2.05) is 30.3 Å². The molecule has 84 valence electrons. The molecule has 3 nitrogen and oxygen atoms in total. The van der Waals surface area contributed by atoms with E-state index >= 15 is 0 Å². The van der Waals surface area contributed by atoms with Crippen LogP contribution < -0.4 is 29.6 Å². The Balaban J connectivity index is 0. The largest absolute Gasteiger partial charge is 1.00 e. The summed E-state index contributed by atoms with van der Waals surface area (Å²) in [6.07, 6.45) is 0.386. The average molecular weight is 268 g/mol. The zero-order valence-electron chi connectivity index (χ0n) is 10.3. The fourth-order valence-electron chi connectivity index (χ4n) is 1.11. The molecule has 0 aliphatic rings. The molecule has 0 aromatic heterocycles. The first-order chi connectivity index (χ1) is 6.91. The molecular formula is C10H13NaO3S2. The second-order valence-corrected chi connectivity index (χ2v) is 5.55. The second-order valence-electron chi connectivity index (χ2n) is 3.29.